The van der Waals surface area contributed by atoms with Gasteiger partial charge in [0.15, 0.2) is 5.78 Å². The van der Waals surface area contributed by atoms with Gasteiger partial charge < -0.3 is 4.74 Å². The standard InChI is InChI=1S/C22H16Br2O2S/c1-13-7-9-16(10-8-13)27-22-19(25)17-11-15(23)12-18(24)21(17)26-20(22)14-5-3-2-4-6-14/h2-12,20,22H,1H3/t20-,22-/m1/s1. The van der Waals surface area contributed by atoms with Crippen LogP contribution in [-0.2, 0) is 0 Å². The Hall–Kier alpha value is -1.56. The SMILES string of the molecule is Cc1ccc(S[C@@H]2C(=O)c3cc(Br)cc(Br)c3O[C@@H]2c2ccccc2)cc1. The van der Waals surface area contributed by atoms with Crippen molar-refractivity contribution in [2.75, 3.05) is 0 Å². The third-order valence-electron chi connectivity index (χ3n) is 4.46. The lowest BCUT2D eigenvalue weighted by Crippen LogP contribution is -2.34. The highest BCUT2D eigenvalue weighted by Gasteiger charge is 2.40. The maximum absolute atomic E-state index is 13.4. The van der Waals surface area contributed by atoms with Gasteiger partial charge in [0.2, 0.25) is 0 Å². The Balaban J connectivity index is 1.79. The number of Topliss-reactive ketones (excluding diaryl/α,β-unsaturated/α-hetero) is 1. The van der Waals surface area contributed by atoms with Crippen molar-refractivity contribution in [3.8, 4) is 5.75 Å². The molecule has 0 radical (unpaired) electrons. The van der Waals surface area contributed by atoms with Crippen molar-refractivity contribution in [1.29, 1.82) is 0 Å². The number of halogens is 2. The summed E-state index contributed by atoms with van der Waals surface area (Å²) < 4.78 is 8.00. The van der Waals surface area contributed by atoms with Gasteiger partial charge in [-0.15, -0.1) is 11.8 Å². The van der Waals surface area contributed by atoms with E-state index in [1.807, 2.05) is 42.5 Å². The molecule has 2 atom stereocenters. The Morgan fingerprint density at radius 2 is 1.67 bits per heavy atom. The van der Waals surface area contributed by atoms with Crippen LogP contribution in [0, 0.1) is 6.92 Å². The number of rotatable bonds is 3. The van der Waals surface area contributed by atoms with Crippen LogP contribution in [0.25, 0.3) is 0 Å². The zero-order valence-corrected chi connectivity index (χ0v) is 18.5. The normalized spacial score (nSPS) is 18.7. The van der Waals surface area contributed by atoms with Gasteiger partial charge in [-0.1, -0.05) is 64.0 Å². The number of thioether (sulfide) groups is 1. The molecular formula is C22H16Br2O2S. The van der Waals surface area contributed by atoms with Crippen LogP contribution in [0.4, 0.5) is 0 Å². The summed E-state index contributed by atoms with van der Waals surface area (Å²) in [5.74, 6) is 0.690. The number of ketones is 1. The molecule has 0 saturated carbocycles. The van der Waals surface area contributed by atoms with Crippen LogP contribution in [0.15, 0.2) is 80.6 Å². The van der Waals surface area contributed by atoms with E-state index in [1.54, 1.807) is 11.8 Å². The van der Waals surface area contributed by atoms with E-state index in [0.29, 0.717) is 11.3 Å². The molecule has 0 bridgehead atoms. The molecule has 0 unspecified atom stereocenters. The van der Waals surface area contributed by atoms with Crippen molar-refractivity contribution in [2.24, 2.45) is 0 Å². The lowest BCUT2D eigenvalue weighted by molar-refractivity contribution is 0.0865. The van der Waals surface area contributed by atoms with Crippen molar-refractivity contribution in [3.63, 3.8) is 0 Å². The summed E-state index contributed by atoms with van der Waals surface area (Å²) in [5.41, 5.74) is 2.80. The molecule has 0 amide bonds. The van der Waals surface area contributed by atoms with Crippen LogP contribution < -0.4 is 4.74 Å². The number of benzene rings is 3. The van der Waals surface area contributed by atoms with Crippen LogP contribution in [0.5, 0.6) is 5.75 Å². The molecule has 0 spiro atoms. The molecule has 3 aromatic rings. The van der Waals surface area contributed by atoms with E-state index in [4.69, 9.17) is 4.74 Å². The van der Waals surface area contributed by atoms with Crippen LogP contribution in [0.2, 0.25) is 0 Å². The van der Waals surface area contributed by atoms with Gasteiger partial charge in [-0.05, 0) is 52.7 Å². The van der Waals surface area contributed by atoms with Gasteiger partial charge in [-0.25, -0.2) is 0 Å². The van der Waals surface area contributed by atoms with Gasteiger partial charge in [0.1, 0.15) is 17.1 Å². The molecule has 0 aromatic heterocycles. The number of ether oxygens (including phenoxy) is 1. The van der Waals surface area contributed by atoms with Crippen molar-refractivity contribution in [1.82, 2.24) is 0 Å². The summed E-state index contributed by atoms with van der Waals surface area (Å²) in [7, 11) is 0. The zero-order valence-electron chi connectivity index (χ0n) is 14.5. The first kappa shape index (κ1) is 18.8. The van der Waals surface area contributed by atoms with Crippen LogP contribution in [-0.4, -0.2) is 11.0 Å². The van der Waals surface area contributed by atoms with E-state index in [-0.39, 0.29) is 17.1 Å². The first-order chi connectivity index (χ1) is 13.0. The summed E-state index contributed by atoms with van der Waals surface area (Å²) in [5, 5.41) is -0.358. The number of aryl methyl sites for hydroxylation is 1. The second-order valence-electron chi connectivity index (χ2n) is 6.43. The van der Waals surface area contributed by atoms with E-state index in [0.717, 1.165) is 19.4 Å². The third-order valence-corrected chi connectivity index (χ3v) is 6.77. The summed E-state index contributed by atoms with van der Waals surface area (Å²) in [4.78, 5) is 14.5. The highest BCUT2D eigenvalue weighted by Crippen LogP contribution is 2.46. The van der Waals surface area contributed by atoms with Gasteiger partial charge in [0, 0.05) is 9.37 Å². The second kappa shape index (κ2) is 7.82. The molecule has 0 fully saturated rings. The fourth-order valence-electron chi connectivity index (χ4n) is 3.11. The molecule has 0 aliphatic carbocycles. The van der Waals surface area contributed by atoms with Crippen molar-refractivity contribution >= 4 is 49.4 Å². The average Bonchev–Trinajstić information content (AvgIpc) is 2.66. The zero-order chi connectivity index (χ0) is 19.0. The van der Waals surface area contributed by atoms with Gasteiger partial charge in [-0.2, -0.15) is 0 Å². The topological polar surface area (TPSA) is 26.3 Å². The Kier molecular flexibility index (Phi) is 5.44. The maximum Gasteiger partial charge on any atom is 0.184 e. The largest absolute Gasteiger partial charge is 0.482 e. The van der Waals surface area contributed by atoms with E-state index in [1.165, 1.54) is 5.56 Å². The molecule has 4 rings (SSSR count). The Morgan fingerprint density at radius 1 is 0.963 bits per heavy atom. The summed E-state index contributed by atoms with van der Waals surface area (Å²) >= 11 is 8.57. The highest BCUT2D eigenvalue weighted by atomic mass is 79.9. The van der Waals surface area contributed by atoms with Crippen molar-refractivity contribution in [3.05, 3.63) is 92.4 Å². The minimum absolute atomic E-state index is 0.0812. The lowest BCUT2D eigenvalue weighted by atomic mass is 9.96. The fourth-order valence-corrected chi connectivity index (χ4v) is 5.58. The lowest BCUT2D eigenvalue weighted by Gasteiger charge is -2.33. The van der Waals surface area contributed by atoms with Crippen LogP contribution in [0.3, 0.4) is 0 Å². The van der Waals surface area contributed by atoms with Crippen molar-refractivity contribution < 1.29 is 9.53 Å². The molecule has 1 aliphatic rings. The fraction of sp³-hybridized carbons (Fsp3) is 0.136. The number of hydrogen-bond acceptors (Lipinski definition) is 3. The molecule has 0 saturated heterocycles. The van der Waals surface area contributed by atoms with E-state index in [2.05, 4.69) is 63.0 Å². The van der Waals surface area contributed by atoms with Gasteiger partial charge in [0.05, 0.1) is 10.0 Å². The van der Waals surface area contributed by atoms with Gasteiger partial charge >= 0.3 is 0 Å². The molecule has 27 heavy (non-hydrogen) atoms. The number of fused-ring (bicyclic) bond motifs is 1. The average molecular weight is 504 g/mol. The van der Waals surface area contributed by atoms with E-state index < -0.39 is 0 Å². The molecule has 3 aromatic carbocycles. The molecule has 1 heterocycles. The first-order valence-corrected chi connectivity index (χ1v) is 11.0. The maximum atomic E-state index is 13.4. The summed E-state index contributed by atoms with van der Waals surface area (Å²) in [6.45, 7) is 2.06. The summed E-state index contributed by atoms with van der Waals surface area (Å²) in [6, 6.07) is 21.9. The second-order valence-corrected chi connectivity index (χ2v) is 9.41. The number of hydrogen-bond donors (Lipinski definition) is 0. The molecule has 2 nitrogen and oxygen atoms in total. The van der Waals surface area contributed by atoms with Crippen LogP contribution in [0.1, 0.15) is 27.6 Å². The third kappa shape index (κ3) is 3.86. The van der Waals surface area contributed by atoms with E-state index in [9.17, 15) is 4.79 Å². The monoisotopic (exact) mass is 502 g/mol. The van der Waals surface area contributed by atoms with Crippen molar-refractivity contribution in [2.45, 2.75) is 23.2 Å². The molecular weight excluding hydrogens is 488 g/mol. The quantitative estimate of drug-likeness (QED) is 0.385. The number of carbonyl (C=O) groups is 1. The van der Waals surface area contributed by atoms with Gasteiger partial charge in [0.25, 0.3) is 0 Å². The smallest absolute Gasteiger partial charge is 0.184 e. The molecule has 5 heteroatoms. The Labute approximate surface area is 179 Å². The predicted octanol–water partition coefficient (Wildman–Crippen LogP) is 7.00. The van der Waals surface area contributed by atoms with E-state index >= 15 is 0 Å². The molecule has 1 aliphatic heterocycles. The minimum atomic E-state index is -0.358. The van der Waals surface area contributed by atoms with Crippen LogP contribution >= 0.6 is 43.6 Å². The Morgan fingerprint density at radius 3 is 2.37 bits per heavy atom. The van der Waals surface area contributed by atoms with Gasteiger partial charge in [-0.3, -0.25) is 4.79 Å². The highest BCUT2D eigenvalue weighted by molar-refractivity contribution is 9.11. The number of carbonyl (C=O) groups excluding carboxylic acids is 1. The predicted molar refractivity (Wildman–Crippen MR) is 117 cm³/mol. The first-order valence-electron chi connectivity index (χ1n) is 8.51. The Bertz CT molecular complexity index is 987. The molecule has 0 N–H and O–H groups in total. The minimum Gasteiger partial charge on any atom is -0.482 e. The molecule has 136 valence electrons. The summed E-state index contributed by atoms with van der Waals surface area (Å²) in [6.07, 6.45) is -0.352.